The lowest BCUT2D eigenvalue weighted by molar-refractivity contribution is -0.121. The third-order valence-electron chi connectivity index (χ3n) is 4.66. The van der Waals surface area contributed by atoms with Crippen LogP contribution in [0.1, 0.15) is 38.8 Å². The second-order valence-electron chi connectivity index (χ2n) is 8.20. The van der Waals surface area contributed by atoms with Crippen LogP contribution in [0, 0.1) is 0 Å². The van der Waals surface area contributed by atoms with E-state index in [2.05, 4.69) is 39.5 Å². The predicted molar refractivity (Wildman–Crippen MR) is 118 cm³/mol. The van der Waals surface area contributed by atoms with Crippen molar-refractivity contribution in [3.8, 4) is 0 Å². The maximum Gasteiger partial charge on any atom is 0.407 e. The van der Waals surface area contributed by atoms with Crippen molar-refractivity contribution >= 4 is 22.8 Å². The van der Waals surface area contributed by atoms with Crippen molar-refractivity contribution < 1.29 is 14.3 Å². The first-order valence-electron chi connectivity index (χ1n) is 10.2. The van der Waals surface area contributed by atoms with Crippen LogP contribution in [0.3, 0.4) is 0 Å². The van der Waals surface area contributed by atoms with Crippen LogP contribution in [0.25, 0.3) is 10.8 Å². The first-order chi connectivity index (χ1) is 14.3. The third-order valence-corrected chi connectivity index (χ3v) is 4.66. The molecule has 158 valence electrons. The largest absolute Gasteiger partial charge is 0.444 e. The molecular formula is C24H29N3O3. The van der Waals surface area contributed by atoms with Gasteiger partial charge in [-0.25, -0.2) is 4.79 Å². The quantitative estimate of drug-likeness (QED) is 0.575. The number of amides is 2. The number of aromatic nitrogens is 1. The lowest BCUT2D eigenvalue weighted by Gasteiger charge is -2.21. The van der Waals surface area contributed by atoms with Gasteiger partial charge in [-0.15, -0.1) is 0 Å². The molecule has 0 saturated heterocycles. The number of hydrogen-bond donors (Lipinski definition) is 2. The minimum absolute atomic E-state index is 0.0763. The van der Waals surface area contributed by atoms with Gasteiger partial charge < -0.3 is 19.9 Å². The van der Waals surface area contributed by atoms with Crippen LogP contribution in [0.4, 0.5) is 4.79 Å². The fourth-order valence-electron chi connectivity index (χ4n) is 3.40. The highest BCUT2D eigenvalue weighted by Crippen LogP contribution is 2.29. The average molecular weight is 408 g/mol. The Morgan fingerprint density at radius 1 is 0.933 bits per heavy atom. The van der Waals surface area contributed by atoms with Crippen molar-refractivity contribution in [3.05, 3.63) is 72.6 Å². The smallest absolute Gasteiger partial charge is 0.407 e. The number of benzene rings is 2. The van der Waals surface area contributed by atoms with E-state index < -0.39 is 11.7 Å². The number of rotatable bonds is 7. The summed E-state index contributed by atoms with van der Waals surface area (Å²) in [6.45, 7) is 6.07. The Hall–Kier alpha value is -3.28. The van der Waals surface area contributed by atoms with Crippen molar-refractivity contribution in [2.75, 3.05) is 13.1 Å². The van der Waals surface area contributed by atoms with E-state index in [1.807, 2.05) is 63.5 Å². The SMILES string of the molecule is CC(C)(C)OC(=O)NCCNC(=O)C[C@@H](c1cccc2ccccc12)n1cccc1. The first-order valence-corrected chi connectivity index (χ1v) is 10.2. The van der Waals surface area contributed by atoms with Crippen LogP contribution in [0.2, 0.25) is 0 Å². The van der Waals surface area contributed by atoms with Gasteiger partial charge in [-0.1, -0.05) is 42.5 Å². The molecule has 0 fully saturated rings. The van der Waals surface area contributed by atoms with E-state index in [0.717, 1.165) is 16.3 Å². The van der Waals surface area contributed by atoms with Crippen LogP contribution in [-0.4, -0.2) is 35.3 Å². The first kappa shape index (κ1) is 21.4. The number of hydrogen-bond acceptors (Lipinski definition) is 3. The van der Waals surface area contributed by atoms with Gasteiger partial charge in [0.05, 0.1) is 12.5 Å². The van der Waals surface area contributed by atoms with Crippen LogP contribution in [0.15, 0.2) is 67.0 Å². The maximum absolute atomic E-state index is 12.7. The lowest BCUT2D eigenvalue weighted by atomic mass is 9.96. The number of fused-ring (bicyclic) bond motifs is 1. The van der Waals surface area contributed by atoms with Crippen molar-refractivity contribution in [1.29, 1.82) is 0 Å². The van der Waals surface area contributed by atoms with Gasteiger partial charge in [0, 0.05) is 25.5 Å². The minimum Gasteiger partial charge on any atom is -0.444 e. The maximum atomic E-state index is 12.7. The molecule has 0 aliphatic heterocycles. The number of carbonyl (C=O) groups is 2. The summed E-state index contributed by atoms with van der Waals surface area (Å²) >= 11 is 0. The highest BCUT2D eigenvalue weighted by molar-refractivity contribution is 5.87. The Labute approximate surface area is 177 Å². The minimum atomic E-state index is -0.546. The number of nitrogens with zero attached hydrogens (tertiary/aromatic N) is 1. The molecule has 2 amide bonds. The van der Waals surface area contributed by atoms with E-state index in [0.29, 0.717) is 19.5 Å². The molecule has 6 nitrogen and oxygen atoms in total. The molecule has 0 bridgehead atoms. The monoisotopic (exact) mass is 407 g/mol. The van der Waals surface area contributed by atoms with Crippen LogP contribution in [0.5, 0.6) is 0 Å². The van der Waals surface area contributed by atoms with E-state index >= 15 is 0 Å². The fourth-order valence-corrected chi connectivity index (χ4v) is 3.40. The van der Waals surface area contributed by atoms with Crippen molar-refractivity contribution in [3.63, 3.8) is 0 Å². The number of ether oxygens (including phenoxy) is 1. The lowest BCUT2D eigenvalue weighted by Crippen LogP contribution is -2.38. The molecule has 0 aliphatic carbocycles. The van der Waals surface area contributed by atoms with Crippen LogP contribution < -0.4 is 10.6 Å². The molecule has 0 saturated carbocycles. The van der Waals surface area contributed by atoms with Crippen LogP contribution in [-0.2, 0) is 9.53 Å². The molecule has 1 aromatic heterocycles. The fraction of sp³-hybridized carbons (Fsp3) is 0.333. The molecule has 6 heteroatoms. The number of carbonyl (C=O) groups excluding carboxylic acids is 2. The summed E-state index contributed by atoms with van der Waals surface area (Å²) in [6, 6.07) is 18.2. The van der Waals surface area contributed by atoms with Gasteiger partial charge in [-0.3, -0.25) is 4.79 Å². The molecule has 1 atom stereocenters. The zero-order chi connectivity index (χ0) is 21.6. The summed E-state index contributed by atoms with van der Waals surface area (Å²) in [5.74, 6) is -0.0763. The van der Waals surface area contributed by atoms with Crippen molar-refractivity contribution in [1.82, 2.24) is 15.2 Å². The van der Waals surface area contributed by atoms with Crippen LogP contribution >= 0.6 is 0 Å². The molecule has 2 N–H and O–H groups in total. The zero-order valence-corrected chi connectivity index (χ0v) is 17.7. The van der Waals surface area contributed by atoms with E-state index in [1.165, 1.54) is 0 Å². The average Bonchev–Trinajstić information content (AvgIpc) is 3.22. The van der Waals surface area contributed by atoms with Gasteiger partial charge in [0.1, 0.15) is 5.60 Å². The van der Waals surface area contributed by atoms with Crippen molar-refractivity contribution in [2.45, 2.75) is 38.8 Å². The molecule has 2 aromatic carbocycles. The molecule has 1 heterocycles. The van der Waals surface area contributed by atoms with E-state index in [-0.39, 0.29) is 11.9 Å². The predicted octanol–water partition coefficient (Wildman–Crippen LogP) is 4.26. The summed E-state index contributed by atoms with van der Waals surface area (Å²) in [5.41, 5.74) is 0.557. The van der Waals surface area contributed by atoms with E-state index in [9.17, 15) is 9.59 Å². The normalized spacial score (nSPS) is 12.4. The van der Waals surface area contributed by atoms with Gasteiger partial charge in [0.25, 0.3) is 0 Å². The molecule has 30 heavy (non-hydrogen) atoms. The van der Waals surface area contributed by atoms with Gasteiger partial charge in [-0.05, 0) is 49.2 Å². The molecule has 3 rings (SSSR count). The number of alkyl carbamates (subject to hydrolysis) is 1. The summed E-state index contributed by atoms with van der Waals surface area (Å²) in [6.07, 6.45) is 3.76. The number of nitrogens with one attached hydrogen (secondary N) is 2. The highest BCUT2D eigenvalue weighted by Gasteiger charge is 2.20. The van der Waals surface area contributed by atoms with Gasteiger partial charge in [0.2, 0.25) is 5.91 Å². The third kappa shape index (κ3) is 5.86. The molecule has 3 aromatic rings. The Morgan fingerprint density at radius 3 is 2.33 bits per heavy atom. The van der Waals surface area contributed by atoms with Gasteiger partial charge in [0.15, 0.2) is 0 Å². The molecular weight excluding hydrogens is 378 g/mol. The van der Waals surface area contributed by atoms with Gasteiger partial charge >= 0.3 is 6.09 Å². The molecule has 0 radical (unpaired) electrons. The highest BCUT2D eigenvalue weighted by atomic mass is 16.6. The standard InChI is InChI=1S/C24H29N3O3/c1-24(2,3)30-23(29)26-14-13-25-22(28)17-21(27-15-6-7-16-27)20-12-8-10-18-9-4-5-11-19(18)20/h4-12,15-16,21H,13-14,17H2,1-3H3,(H,25,28)(H,26,29)/t21-/m0/s1. The zero-order valence-electron chi connectivity index (χ0n) is 17.7. The van der Waals surface area contributed by atoms with E-state index in [1.54, 1.807) is 0 Å². The Kier molecular flexibility index (Phi) is 6.77. The molecule has 0 aliphatic rings. The van der Waals surface area contributed by atoms with Crippen molar-refractivity contribution in [2.24, 2.45) is 0 Å². The summed E-state index contributed by atoms with van der Waals surface area (Å²) < 4.78 is 7.25. The van der Waals surface area contributed by atoms with Gasteiger partial charge in [-0.2, -0.15) is 0 Å². The molecule has 0 spiro atoms. The second-order valence-corrected chi connectivity index (χ2v) is 8.20. The topological polar surface area (TPSA) is 72.4 Å². The Morgan fingerprint density at radius 2 is 1.60 bits per heavy atom. The summed E-state index contributed by atoms with van der Waals surface area (Å²) in [7, 11) is 0. The molecule has 0 unspecified atom stereocenters. The van der Waals surface area contributed by atoms with E-state index in [4.69, 9.17) is 4.74 Å². The second kappa shape index (κ2) is 9.48. The Bertz CT molecular complexity index is 985. The summed E-state index contributed by atoms with van der Waals surface area (Å²) in [4.78, 5) is 24.4. The summed E-state index contributed by atoms with van der Waals surface area (Å²) in [5, 5.41) is 7.82. The Balaban J connectivity index is 1.64.